The molecule has 0 radical (unpaired) electrons. The van der Waals surface area contributed by atoms with Crippen LogP contribution in [0.5, 0.6) is 0 Å². The molecule has 0 aliphatic heterocycles. The molecule has 0 saturated carbocycles. The van der Waals surface area contributed by atoms with Crippen molar-refractivity contribution < 1.29 is 4.42 Å². The largest absolute Gasteiger partial charge is 0.423 e. The van der Waals surface area contributed by atoms with Crippen molar-refractivity contribution in [3.05, 3.63) is 45.5 Å². The second kappa shape index (κ2) is 3.29. The van der Waals surface area contributed by atoms with E-state index in [-0.39, 0.29) is 5.63 Å². The SMILES string of the molecule is Cc1cc2c(oc1=O)C=CC(C)C=C2. The first kappa shape index (κ1) is 9.00. The van der Waals surface area contributed by atoms with Crippen molar-refractivity contribution in [3.8, 4) is 0 Å². The summed E-state index contributed by atoms with van der Waals surface area (Å²) < 4.78 is 5.17. The lowest BCUT2D eigenvalue weighted by molar-refractivity contribution is 0.495. The van der Waals surface area contributed by atoms with E-state index in [4.69, 9.17) is 4.42 Å². The summed E-state index contributed by atoms with van der Waals surface area (Å²) in [7, 11) is 0. The summed E-state index contributed by atoms with van der Waals surface area (Å²) >= 11 is 0. The number of allylic oxidation sites excluding steroid dienone is 2. The highest BCUT2D eigenvalue weighted by Crippen LogP contribution is 2.18. The Balaban J connectivity index is 2.64. The molecule has 2 heteroatoms. The van der Waals surface area contributed by atoms with Crippen molar-refractivity contribution >= 4 is 12.2 Å². The predicted molar refractivity (Wildman–Crippen MR) is 56.9 cm³/mol. The minimum atomic E-state index is -0.253. The molecule has 2 nitrogen and oxygen atoms in total. The van der Waals surface area contributed by atoms with E-state index in [0.717, 1.165) is 5.56 Å². The predicted octanol–water partition coefficient (Wildman–Crippen LogP) is 2.62. The van der Waals surface area contributed by atoms with Crippen LogP contribution < -0.4 is 5.63 Å². The zero-order chi connectivity index (χ0) is 10.1. The van der Waals surface area contributed by atoms with E-state index in [9.17, 15) is 4.79 Å². The summed E-state index contributed by atoms with van der Waals surface area (Å²) in [6.07, 6.45) is 7.96. The second-order valence-electron chi connectivity index (χ2n) is 3.61. The van der Waals surface area contributed by atoms with Gasteiger partial charge in [-0.25, -0.2) is 4.79 Å². The number of aryl methyl sites for hydroxylation is 1. The van der Waals surface area contributed by atoms with E-state index in [2.05, 4.69) is 13.0 Å². The third kappa shape index (κ3) is 1.55. The van der Waals surface area contributed by atoms with Gasteiger partial charge in [-0.1, -0.05) is 25.2 Å². The molecule has 1 unspecified atom stereocenters. The van der Waals surface area contributed by atoms with Crippen LogP contribution in [0.3, 0.4) is 0 Å². The molecule has 0 fully saturated rings. The molecular formula is C12H12O2. The van der Waals surface area contributed by atoms with Crippen LogP contribution >= 0.6 is 0 Å². The van der Waals surface area contributed by atoms with Gasteiger partial charge in [0, 0.05) is 11.1 Å². The molecule has 1 aromatic rings. The average Bonchev–Trinajstić information content (AvgIpc) is 2.31. The molecule has 0 bridgehead atoms. The van der Waals surface area contributed by atoms with Crippen molar-refractivity contribution in [1.29, 1.82) is 0 Å². The summed E-state index contributed by atoms with van der Waals surface area (Å²) in [6, 6.07) is 1.86. The van der Waals surface area contributed by atoms with Gasteiger partial charge in [0.05, 0.1) is 0 Å². The monoisotopic (exact) mass is 188 g/mol. The van der Waals surface area contributed by atoms with Crippen LogP contribution in [0.25, 0.3) is 12.2 Å². The first-order valence-corrected chi connectivity index (χ1v) is 4.68. The molecule has 1 aromatic heterocycles. The van der Waals surface area contributed by atoms with Crippen LogP contribution in [-0.2, 0) is 0 Å². The third-order valence-corrected chi connectivity index (χ3v) is 2.31. The van der Waals surface area contributed by atoms with E-state index >= 15 is 0 Å². The number of rotatable bonds is 0. The Hall–Kier alpha value is -1.57. The van der Waals surface area contributed by atoms with Gasteiger partial charge in [0.25, 0.3) is 0 Å². The molecule has 2 rings (SSSR count). The molecule has 1 atom stereocenters. The summed E-state index contributed by atoms with van der Waals surface area (Å²) in [5, 5.41) is 0. The van der Waals surface area contributed by atoms with Gasteiger partial charge in [-0.05, 0) is 25.0 Å². The van der Waals surface area contributed by atoms with Gasteiger partial charge in [0.1, 0.15) is 5.76 Å². The highest BCUT2D eigenvalue weighted by atomic mass is 16.4. The van der Waals surface area contributed by atoms with E-state index in [1.54, 1.807) is 6.92 Å². The Labute approximate surface area is 82.6 Å². The van der Waals surface area contributed by atoms with Crippen molar-refractivity contribution in [2.75, 3.05) is 0 Å². The Morgan fingerprint density at radius 1 is 1.29 bits per heavy atom. The molecule has 0 saturated heterocycles. The second-order valence-corrected chi connectivity index (χ2v) is 3.61. The zero-order valence-electron chi connectivity index (χ0n) is 8.28. The number of hydrogen-bond donors (Lipinski definition) is 0. The smallest absolute Gasteiger partial charge is 0.339 e. The van der Waals surface area contributed by atoms with Crippen molar-refractivity contribution in [3.63, 3.8) is 0 Å². The van der Waals surface area contributed by atoms with Crippen LogP contribution in [0, 0.1) is 12.8 Å². The number of fused-ring (bicyclic) bond motifs is 1. The minimum absolute atomic E-state index is 0.253. The highest BCUT2D eigenvalue weighted by molar-refractivity contribution is 5.64. The van der Waals surface area contributed by atoms with Gasteiger partial charge in [-0.2, -0.15) is 0 Å². The van der Waals surface area contributed by atoms with Gasteiger partial charge in [-0.15, -0.1) is 0 Å². The molecule has 0 spiro atoms. The Kier molecular flexibility index (Phi) is 2.12. The lowest BCUT2D eigenvalue weighted by atomic mass is 10.1. The zero-order valence-corrected chi connectivity index (χ0v) is 8.28. The summed E-state index contributed by atoms with van der Waals surface area (Å²) in [5.41, 5.74) is 1.37. The van der Waals surface area contributed by atoms with Gasteiger partial charge >= 0.3 is 5.63 Å². The normalized spacial score (nSPS) is 19.1. The minimum Gasteiger partial charge on any atom is -0.423 e. The van der Waals surface area contributed by atoms with Crippen LogP contribution in [0.1, 0.15) is 23.8 Å². The van der Waals surface area contributed by atoms with Crippen LogP contribution in [-0.4, -0.2) is 0 Å². The first-order chi connectivity index (χ1) is 6.66. The lowest BCUT2D eigenvalue weighted by Crippen LogP contribution is -2.04. The fourth-order valence-electron chi connectivity index (χ4n) is 1.42. The van der Waals surface area contributed by atoms with E-state index in [1.165, 1.54) is 0 Å². The lowest BCUT2D eigenvalue weighted by Gasteiger charge is -1.98. The first-order valence-electron chi connectivity index (χ1n) is 4.68. The van der Waals surface area contributed by atoms with E-state index in [1.807, 2.05) is 24.3 Å². The molecule has 1 aliphatic carbocycles. The quantitative estimate of drug-likeness (QED) is 0.626. The van der Waals surface area contributed by atoms with Gasteiger partial charge < -0.3 is 4.42 Å². The van der Waals surface area contributed by atoms with Crippen LogP contribution in [0.2, 0.25) is 0 Å². The fourth-order valence-corrected chi connectivity index (χ4v) is 1.42. The molecule has 14 heavy (non-hydrogen) atoms. The fraction of sp³-hybridized carbons (Fsp3) is 0.250. The van der Waals surface area contributed by atoms with Crippen LogP contribution in [0.15, 0.2) is 27.4 Å². The molecule has 72 valence electrons. The molecule has 1 heterocycles. The molecule has 0 aromatic carbocycles. The Morgan fingerprint density at radius 3 is 2.79 bits per heavy atom. The maximum atomic E-state index is 11.3. The van der Waals surface area contributed by atoms with Gasteiger partial charge in [-0.3, -0.25) is 0 Å². The van der Waals surface area contributed by atoms with Gasteiger partial charge in [0.15, 0.2) is 0 Å². The summed E-state index contributed by atoms with van der Waals surface area (Å²) in [4.78, 5) is 11.3. The Morgan fingerprint density at radius 2 is 2.00 bits per heavy atom. The van der Waals surface area contributed by atoms with Crippen molar-refractivity contribution in [1.82, 2.24) is 0 Å². The van der Waals surface area contributed by atoms with Crippen molar-refractivity contribution in [2.45, 2.75) is 13.8 Å². The highest BCUT2D eigenvalue weighted by Gasteiger charge is 2.06. The average molecular weight is 188 g/mol. The Bertz CT molecular complexity index is 464. The molecular weight excluding hydrogens is 176 g/mol. The maximum absolute atomic E-state index is 11.3. The van der Waals surface area contributed by atoms with Crippen molar-refractivity contribution in [2.24, 2.45) is 5.92 Å². The topological polar surface area (TPSA) is 30.2 Å². The number of hydrogen-bond acceptors (Lipinski definition) is 2. The summed E-state index contributed by atoms with van der Waals surface area (Å²) in [5.74, 6) is 1.04. The standard InChI is InChI=1S/C12H12O2/c1-8-3-5-10-7-9(2)12(13)14-11(10)6-4-8/h3-8H,1-2H3. The van der Waals surface area contributed by atoms with E-state index in [0.29, 0.717) is 17.2 Å². The maximum Gasteiger partial charge on any atom is 0.339 e. The van der Waals surface area contributed by atoms with E-state index < -0.39 is 0 Å². The van der Waals surface area contributed by atoms with Gasteiger partial charge in [0.2, 0.25) is 0 Å². The molecule has 1 aliphatic rings. The molecule has 0 amide bonds. The van der Waals surface area contributed by atoms with Crippen LogP contribution in [0.4, 0.5) is 0 Å². The third-order valence-electron chi connectivity index (χ3n) is 2.31. The summed E-state index contributed by atoms with van der Waals surface area (Å²) in [6.45, 7) is 3.85. The molecule has 0 N–H and O–H groups in total.